The summed E-state index contributed by atoms with van der Waals surface area (Å²) < 4.78 is 0. The monoisotopic (exact) mass is 282 g/mol. The fourth-order valence-electron chi connectivity index (χ4n) is 2.86. The molecular weight excluding hydrogens is 260 g/mol. The highest BCUT2D eigenvalue weighted by molar-refractivity contribution is 7.13. The Morgan fingerprint density at radius 3 is 2.74 bits per heavy atom. The van der Waals surface area contributed by atoms with Gasteiger partial charge in [-0.2, -0.15) is 0 Å². The third kappa shape index (κ3) is 2.36. The Labute approximate surface area is 118 Å². The molecule has 0 amide bonds. The van der Waals surface area contributed by atoms with Crippen molar-refractivity contribution in [3.05, 3.63) is 11.1 Å². The molecule has 1 atom stereocenters. The third-order valence-electron chi connectivity index (χ3n) is 4.40. The molecule has 0 spiro atoms. The number of carbonyl (C=O) groups is 1. The highest BCUT2D eigenvalue weighted by atomic mass is 32.1. The zero-order chi connectivity index (χ0) is 14.0. The van der Waals surface area contributed by atoms with Crippen molar-refractivity contribution < 1.29 is 9.90 Å². The Morgan fingerprint density at radius 1 is 1.58 bits per heavy atom. The third-order valence-corrected chi connectivity index (χ3v) is 5.28. The number of carboxylic acids is 1. The molecule has 1 fully saturated rings. The lowest BCUT2D eigenvalue weighted by Gasteiger charge is -2.25. The van der Waals surface area contributed by atoms with Crippen LogP contribution in [0.15, 0.2) is 5.38 Å². The van der Waals surface area contributed by atoms with Crippen molar-refractivity contribution in [1.29, 1.82) is 0 Å². The number of hydrogen-bond acceptors (Lipinski definition) is 4. The van der Waals surface area contributed by atoms with Crippen LogP contribution in [0.4, 0.5) is 5.13 Å². The summed E-state index contributed by atoms with van der Waals surface area (Å²) in [4.78, 5) is 18.6. The maximum absolute atomic E-state index is 11.6. The van der Waals surface area contributed by atoms with E-state index < -0.39 is 11.4 Å². The standard InChI is InChI=1S/C14H22N2O2S/c1-4-14(5-2,12(17)18)11-9-19-13(15-11)16-8-6-7-10(16)3/h9-10H,4-8H2,1-3H3,(H,17,18). The van der Waals surface area contributed by atoms with Gasteiger partial charge in [-0.15, -0.1) is 11.3 Å². The molecule has 0 bridgehead atoms. The first kappa shape index (κ1) is 14.3. The number of thiazole rings is 1. The Bertz CT molecular complexity index is 454. The highest BCUT2D eigenvalue weighted by Crippen LogP contribution is 2.36. The summed E-state index contributed by atoms with van der Waals surface area (Å²) in [6.45, 7) is 7.09. The second-order valence-corrected chi connectivity index (χ2v) is 6.13. The minimum atomic E-state index is -0.822. The summed E-state index contributed by atoms with van der Waals surface area (Å²) in [5.41, 5.74) is -0.0957. The first-order chi connectivity index (χ1) is 9.05. The molecule has 1 aliphatic heterocycles. The Balaban J connectivity index is 2.31. The van der Waals surface area contributed by atoms with Crippen molar-refractivity contribution in [2.75, 3.05) is 11.4 Å². The number of aromatic nitrogens is 1. The molecule has 4 nitrogen and oxygen atoms in total. The number of aliphatic carboxylic acids is 1. The fraction of sp³-hybridized carbons (Fsp3) is 0.714. The average Bonchev–Trinajstić information content (AvgIpc) is 3.00. The summed E-state index contributed by atoms with van der Waals surface area (Å²) in [5, 5.41) is 12.5. The van der Waals surface area contributed by atoms with E-state index in [0.717, 1.165) is 17.4 Å². The van der Waals surface area contributed by atoms with Crippen molar-refractivity contribution in [2.45, 2.75) is 57.9 Å². The molecule has 1 N–H and O–H groups in total. The number of hydrogen-bond donors (Lipinski definition) is 1. The molecule has 19 heavy (non-hydrogen) atoms. The van der Waals surface area contributed by atoms with Crippen LogP contribution in [0.25, 0.3) is 0 Å². The van der Waals surface area contributed by atoms with Crippen molar-refractivity contribution >= 4 is 22.4 Å². The van der Waals surface area contributed by atoms with Crippen LogP contribution in [-0.4, -0.2) is 28.6 Å². The van der Waals surface area contributed by atoms with Crippen molar-refractivity contribution in [3.63, 3.8) is 0 Å². The summed E-state index contributed by atoms with van der Waals surface area (Å²) >= 11 is 1.58. The first-order valence-electron chi connectivity index (χ1n) is 7.01. The average molecular weight is 282 g/mol. The number of rotatable bonds is 5. The van der Waals surface area contributed by atoms with Crippen LogP contribution >= 0.6 is 11.3 Å². The molecule has 1 aliphatic rings. The van der Waals surface area contributed by atoms with E-state index in [2.05, 4.69) is 16.8 Å². The molecule has 1 unspecified atom stereocenters. The molecule has 1 aromatic rings. The normalized spacial score (nSPS) is 19.9. The van der Waals surface area contributed by atoms with Crippen LogP contribution in [0, 0.1) is 0 Å². The molecule has 1 aromatic heterocycles. The lowest BCUT2D eigenvalue weighted by Crippen LogP contribution is -2.35. The van der Waals surface area contributed by atoms with Gasteiger partial charge in [0.25, 0.3) is 0 Å². The van der Waals surface area contributed by atoms with Gasteiger partial charge in [-0.05, 0) is 32.6 Å². The molecule has 0 aliphatic carbocycles. The van der Waals surface area contributed by atoms with Crippen LogP contribution in [0.5, 0.6) is 0 Å². The molecule has 0 aromatic carbocycles. The summed E-state index contributed by atoms with van der Waals surface area (Å²) in [5.74, 6) is -0.760. The van der Waals surface area contributed by atoms with Crippen LogP contribution in [0.1, 0.15) is 52.1 Å². The van der Waals surface area contributed by atoms with E-state index in [-0.39, 0.29) is 0 Å². The van der Waals surface area contributed by atoms with Gasteiger partial charge >= 0.3 is 5.97 Å². The minimum Gasteiger partial charge on any atom is -0.481 e. The lowest BCUT2D eigenvalue weighted by molar-refractivity contribution is -0.144. The maximum atomic E-state index is 11.6. The largest absolute Gasteiger partial charge is 0.481 e. The van der Waals surface area contributed by atoms with Gasteiger partial charge in [0.2, 0.25) is 0 Å². The van der Waals surface area contributed by atoms with Gasteiger partial charge in [-0.1, -0.05) is 13.8 Å². The number of carboxylic acid groups (broad SMARTS) is 1. The van der Waals surface area contributed by atoms with Crippen LogP contribution in [-0.2, 0) is 10.2 Å². The van der Waals surface area contributed by atoms with Gasteiger partial charge in [-0.3, -0.25) is 4.79 Å². The van der Waals surface area contributed by atoms with E-state index in [9.17, 15) is 9.90 Å². The van der Waals surface area contributed by atoms with Gasteiger partial charge in [0.15, 0.2) is 5.13 Å². The number of nitrogens with zero attached hydrogens (tertiary/aromatic N) is 2. The zero-order valence-corrected chi connectivity index (χ0v) is 12.7. The molecule has 2 heterocycles. The summed E-state index contributed by atoms with van der Waals surface area (Å²) in [6.07, 6.45) is 3.55. The van der Waals surface area contributed by atoms with Crippen molar-refractivity contribution in [2.24, 2.45) is 0 Å². The molecule has 1 saturated heterocycles. The van der Waals surface area contributed by atoms with Gasteiger partial charge in [-0.25, -0.2) is 4.98 Å². The fourth-order valence-corrected chi connectivity index (χ4v) is 3.91. The summed E-state index contributed by atoms with van der Waals surface area (Å²) in [6, 6.07) is 0.515. The SMILES string of the molecule is CCC(CC)(C(=O)O)c1csc(N2CCCC2C)n1. The molecular formula is C14H22N2O2S. The van der Waals surface area contributed by atoms with Gasteiger partial charge in [0, 0.05) is 18.0 Å². The van der Waals surface area contributed by atoms with E-state index in [0.29, 0.717) is 18.9 Å². The smallest absolute Gasteiger partial charge is 0.315 e. The lowest BCUT2D eigenvalue weighted by atomic mass is 9.80. The van der Waals surface area contributed by atoms with E-state index in [4.69, 9.17) is 0 Å². The Hall–Kier alpha value is -1.10. The van der Waals surface area contributed by atoms with Crippen molar-refractivity contribution in [3.8, 4) is 0 Å². The van der Waals surface area contributed by atoms with Crippen LogP contribution in [0.3, 0.4) is 0 Å². The summed E-state index contributed by atoms with van der Waals surface area (Å²) in [7, 11) is 0. The molecule has 5 heteroatoms. The molecule has 0 saturated carbocycles. The molecule has 2 rings (SSSR count). The minimum absolute atomic E-state index is 0.515. The van der Waals surface area contributed by atoms with E-state index in [1.807, 2.05) is 19.2 Å². The molecule has 106 valence electrons. The quantitative estimate of drug-likeness (QED) is 0.900. The van der Waals surface area contributed by atoms with Crippen molar-refractivity contribution in [1.82, 2.24) is 4.98 Å². The Morgan fingerprint density at radius 2 is 2.26 bits per heavy atom. The van der Waals surface area contributed by atoms with Gasteiger partial charge < -0.3 is 10.0 Å². The predicted molar refractivity (Wildman–Crippen MR) is 78.1 cm³/mol. The second-order valence-electron chi connectivity index (χ2n) is 5.29. The molecule has 0 radical (unpaired) electrons. The zero-order valence-electron chi connectivity index (χ0n) is 11.8. The van der Waals surface area contributed by atoms with Gasteiger partial charge in [0.1, 0.15) is 5.41 Å². The topological polar surface area (TPSA) is 53.4 Å². The van der Waals surface area contributed by atoms with E-state index in [1.54, 1.807) is 11.3 Å². The predicted octanol–water partition coefficient (Wildman–Crippen LogP) is 3.27. The van der Waals surface area contributed by atoms with E-state index in [1.165, 1.54) is 12.8 Å². The second kappa shape index (κ2) is 5.49. The first-order valence-corrected chi connectivity index (χ1v) is 7.89. The number of anilines is 1. The van der Waals surface area contributed by atoms with E-state index >= 15 is 0 Å². The Kier molecular flexibility index (Phi) is 4.13. The maximum Gasteiger partial charge on any atom is 0.315 e. The highest BCUT2D eigenvalue weighted by Gasteiger charge is 2.39. The van der Waals surface area contributed by atoms with Crippen LogP contribution in [0.2, 0.25) is 0 Å². The van der Waals surface area contributed by atoms with Gasteiger partial charge in [0.05, 0.1) is 5.69 Å². The van der Waals surface area contributed by atoms with Crippen LogP contribution < -0.4 is 4.90 Å².